The maximum Gasteiger partial charge on any atom is 0.259 e. The summed E-state index contributed by atoms with van der Waals surface area (Å²) in [6, 6.07) is 20.2. The molecule has 0 aliphatic heterocycles. The molecule has 0 heterocycles. The quantitative estimate of drug-likeness (QED) is 0.325. The zero-order valence-electron chi connectivity index (χ0n) is 19.7. The molecule has 0 aliphatic carbocycles. The minimum absolute atomic E-state index is 0.253. The van der Waals surface area contributed by atoms with Gasteiger partial charge >= 0.3 is 0 Å². The van der Waals surface area contributed by atoms with Crippen molar-refractivity contribution in [3.8, 4) is 23.0 Å². The number of methoxy groups -OCH3 is 3. The van der Waals surface area contributed by atoms with Gasteiger partial charge in [-0.15, -0.1) is 0 Å². The Bertz CT molecular complexity index is 1160. The van der Waals surface area contributed by atoms with Crippen LogP contribution in [0.15, 0.2) is 71.8 Å². The van der Waals surface area contributed by atoms with Crippen molar-refractivity contribution < 1.29 is 28.5 Å². The molecule has 0 bridgehead atoms. The number of hydrogen-bond donors (Lipinski definition) is 2. The molecule has 182 valence electrons. The van der Waals surface area contributed by atoms with Gasteiger partial charge in [0, 0.05) is 5.56 Å². The lowest BCUT2D eigenvalue weighted by Crippen LogP contribution is -2.34. The molecular weight excluding hydrogens is 450 g/mol. The Hall–Kier alpha value is -4.53. The molecule has 0 fully saturated rings. The Morgan fingerprint density at radius 1 is 0.886 bits per heavy atom. The van der Waals surface area contributed by atoms with Gasteiger partial charge in [0.25, 0.3) is 11.8 Å². The van der Waals surface area contributed by atoms with Crippen molar-refractivity contribution in [1.29, 1.82) is 0 Å². The number of nitrogens with zero attached hydrogens (tertiary/aromatic N) is 1. The van der Waals surface area contributed by atoms with E-state index >= 15 is 0 Å². The number of ether oxygens (including phenoxy) is 4. The Morgan fingerprint density at radius 3 is 2.26 bits per heavy atom. The fourth-order valence-electron chi connectivity index (χ4n) is 3.12. The van der Waals surface area contributed by atoms with Crippen LogP contribution in [0, 0.1) is 0 Å². The first-order valence-electron chi connectivity index (χ1n) is 10.7. The lowest BCUT2D eigenvalue weighted by atomic mass is 10.1. The molecule has 9 heteroatoms. The third-order valence-corrected chi connectivity index (χ3v) is 4.85. The minimum atomic E-state index is -0.487. The number of benzene rings is 3. The molecule has 2 amide bonds. The summed E-state index contributed by atoms with van der Waals surface area (Å²) in [6.45, 7) is 0.177. The number of carbonyl (C=O) groups is 2. The van der Waals surface area contributed by atoms with Crippen molar-refractivity contribution in [2.45, 2.75) is 6.61 Å². The zero-order valence-corrected chi connectivity index (χ0v) is 19.7. The summed E-state index contributed by atoms with van der Waals surface area (Å²) < 4.78 is 21.5. The normalized spacial score (nSPS) is 10.5. The fraction of sp³-hybridized carbons (Fsp3) is 0.192. The molecule has 3 rings (SSSR count). The van der Waals surface area contributed by atoms with E-state index < -0.39 is 11.8 Å². The lowest BCUT2D eigenvalue weighted by Gasteiger charge is -2.14. The van der Waals surface area contributed by atoms with Crippen LogP contribution < -0.4 is 29.7 Å². The highest BCUT2D eigenvalue weighted by atomic mass is 16.5. The highest BCUT2D eigenvalue weighted by Crippen LogP contribution is 2.38. The first-order chi connectivity index (χ1) is 17.0. The molecular formula is C26H27N3O6. The summed E-state index contributed by atoms with van der Waals surface area (Å²) in [7, 11) is 4.38. The number of carbonyl (C=O) groups excluding carboxylic acids is 2. The minimum Gasteiger partial charge on any atom is -0.493 e. The number of amides is 2. The highest BCUT2D eigenvalue weighted by molar-refractivity contribution is 5.97. The van der Waals surface area contributed by atoms with E-state index in [1.165, 1.54) is 39.7 Å². The summed E-state index contributed by atoms with van der Waals surface area (Å²) in [5.74, 6) is 0.752. The van der Waals surface area contributed by atoms with Crippen LogP contribution in [0.2, 0.25) is 0 Å². The average molecular weight is 478 g/mol. The Kier molecular flexibility index (Phi) is 9.07. The largest absolute Gasteiger partial charge is 0.493 e. The van der Waals surface area contributed by atoms with E-state index in [-0.39, 0.29) is 12.1 Å². The zero-order chi connectivity index (χ0) is 25.0. The lowest BCUT2D eigenvalue weighted by molar-refractivity contribution is -0.120. The fourth-order valence-corrected chi connectivity index (χ4v) is 3.12. The van der Waals surface area contributed by atoms with E-state index in [1.807, 2.05) is 54.6 Å². The van der Waals surface area contributed by atoms with Crippen LogP contribution in [0.3, 0.4) is 0 Å². The van der Waals surface area contributed by atoms with Crippen molar-refractivity contribution in [2.75, 3.05) is 27.9 Å². The van der Waals surface area contributed by atoms with Gasteiger partial charge in [-0.25, -0.2) is 5.43 Å². The summed E-state index contributed by atoms with van der Waals surface area (Å²) in [5.41, 5.74) is 4.45. The van der Waals surface area contributed by atoms with Gasteiger partial charge in [0.05, 0.1) is 34.1 Å². The molecule has 0 saturated carbocycles. The van der Waals surface area contributed by atoms with Gasteiger partial charge < -0.3 is 24.3 Å². The van der Waals surface area contributed by atoms with Crippen LogP contribution in [0.25, 0.3) is 0 Å². The van der Waals surface area contributed by atoms with Crippen LogP contribution >= 0.6 is 0 Å². The smallest absolute Gasteiger partial charge is 0.259 e. The molecule has 0 unspecified atom stereocenters. The molecule has 9 nitrogen and oxygen atoms in total. The van der Waals surface area contributed by atoms with E-state index in [4.69, 9.17) is 18.9 Å². The molecule has 0 radical (unpaired) electrons. The third-order valence-electron chi connectivity index (χ3n) is 4.85. The van der Waals surface area contributed by atoms with Gasteiger partial charge in [0.1, 0.15) is 12.4 Å². The third kappa shape index (κ3) is 7.23. The Morgan fingerprint density at radius 2 is 1.60 bits per heavy atom. The van der Waals surface area contributed by atoms with Gasteiger partial charge in [-0.05, 0) is 35.4 Å². The monoisotopic (exact) mass is 477 g/mol. The van der Waals surface area contributed by atoms with Crippen molar-refractivity contribution in [3.05, 3.63) is 83.4 Å². The summed E-state index contributed by atoms with van der Waals surface area (Å²) in [6.07, 6.45) is 1.49. The number of hydrazone groups is 1. The molecule has 0 aromatic heterocycles. The van der Waals surface area contributed by atoms with Crippen LogP contribution in [0.1, 0.15) is 21.5 Å². The van der Waals surface area contributed by atoms with Crippen molar-refractivity contribution in [3.63, 3.8) is 0 Å². The van der Waals surface area contributed by atoms with E-state index in [2.05, 4.69) is 15.8 Å². The summed E-state index contributed by atoms with van der Waals surface area (Å²) in [4.78, 5) is 24.6. The second-order valence-corrected chi connectivity index (χ2v) is 7.24. The maximum absolute atomic E-state index is 12.5. The summed E-state index contributed by atoms with van der Waals surface area (Å²) >= 11 is 0. The van der Waals surface area contributed by atoms with E-state index in [0.717, 1.165) is 11.1 Å². The first kappa shape index (κ1) is 25.1. The molecule has 3 aromatic carbocycles. The maximum atomic E-state index is 12.5. The van der Waals surface area contributed by atoms with Crippen LogP contribution in [0.4, 0.5) is 0 Å². The standard InChI is InChI=1S/C26H27N3O6/c1-32-22-13-20(14-23(33-2)25(22)34-3)26(31)27-16-24(30)29-28-15-19-10-7-11-21(12-19)35-17-18-8-5-4-6-9-18/h4-15H,16-17H2,1-3H3,(H,27,31)(H,29,30)/b28-15-. The molecule has 3 aromatic rings. The van der Waals surface area contributed by atoms with E-state index in [1.54, 1.807) is 0 Å². The van der Waals surface area contributed by atoms with Crippen LogP contribution in [-0.2, 0) is 11.4 Å². The van der Waals surface area contributed by atoms with Crippen LogP contribution in [0.5, 0.6) is 23.0 Å². The molecule has 0 aliphatic rings. The van der Waals surface area contributed by atoms with Crippen molar-refractivity contribution in [2.24, 2.45) is 5.10 Å². The van der Waals surface area contributed by atoms with E-state index in [0.29, 0.717) is 29.6 Å². The van der Waals surface area contributed by atoms with Gasteiger partial charge in [0.2, 0.25) is 5.75 Å². The molecule has 0 spiro atoms. The number of nitrogens with one attached hydrogen (secondary N) is 2. The second-order valence-electron chi connectivity index (χ2n) is 7.24. The highest BCUT2D eigenvalue weighted by Gasteiger charge is 2.17. The Labute approximate surface area is 203 Å². The van der Waals surface area contributed by atoms with Gasteiger partial charge in [-0.2, -0.15) is 5.10 Å². The average Bonchev–Trinajstić information content (AvgIpc) is 2.90. The van der Waals surface area contributed by atoms with Crippen LogP contribution in [-0.4, -0.2) is 45.9 Å². The van der Waals surface area contributed by atoms with Crippen molar-refractivity contribution >= 4 is 18.0 Å². The van der Waals surface area contributed by atoms with Gasteiger partial charge in [-0.3, -0.25) is 9.59 Å². The van der Waals surface area contributed by atoms with Gasteiger partial charge in [0.15, 0.2) is 11.5 Å². The molecule has 0 saturated heterocycles. The number of rotatable bonds is 11. The molecule has 2 N–H and O–H groups in total. The summed E-state index contributed by atoms with van der Waals surface area (Å²) in [5, 5.41) is 6.47. The number of hydrogen-bond acceptors (Lipinski definition) is 7. The topological polar surface area (TPSA) is 107 Å². The SMILES string of the molecule is COc1cc(C(=O)NCC(=O)N/N=C\c2cccc(OCc3ccccc3)c2)cc(OC)c1OC. The van der Waals surface area contributed by atoms with Gasteiger partial charge in [-0.1, -0.05) is 42.5 Å². The Balaban J connectivity index is 1.50. The predicted octanol–water partition coefficient (Wildman–Crippen LogP) is 3.17. The molecule has 35 heavy (non-hydrogen) atoms. The second kappa shape index (κ2) is 12.6. The molecule has 0 atom stereocenters. The van der Waals surface area contributed by atoms with Crippen molar-refractivity contribution in [1.82, 2.24) is 10.7 Å². The first-order valence-corrected chi connectivity index (χ1v) is 10.7. The van der Waals surface area contributed by atoms with E-state index in [9.17, 15) is 9.59 Å². The predicted molar refractivity (Wildman–Crippen MR) is 131 cm³/mol.